The summed E-state index contributed by atoms with van der Waals surface area (Å²) in [4.78, 5) is 32.3. The van der Waals surface area contributed by atoms with E-state index < -0.39 is 46.6 Å². The van der Waals surface area contributed by atoms with E-state index in [1.165, 1.54) is 36.0 Å². The van der Waals surface area contributed by atoms with Crippen LogP contribution in [-0.4, -0.2) is 84.7 Å². The Hall–Kier alpha value is -5.16. The molecule has 48 heavy (non-hydrogen) atoms. The Labute approximate surface area is 274 Å². The third-order valence-electron chi connectivity index (χ3n) is 7.63. The van der Waals surface area contributed by atoms with E-state index in [2.05, 4.69) is 25.2 Å². The summed E-state index contributed by atoms with van der Waals surface area (Å²) in [5.74, 6) is -0.241. The maximum atomic E-state index is 13.2. The number of amides is 2. The number of alkyl halides is 2. The number of halogens is 2. The molecule has 1 aliphatic rings. The van der Waals surface area contributed by atoms with Crippen LogP contribution in [0.3, 0.4) is 0 Å². The summed E-state index contributed by atoms with van der Waals surface area (Å²) in [6.45, 7) is -1.62. The van der Waals surface area contributed by atoms with Crippen molar-refractivity contribution in [3.8, 4) is 11.6 Å². The molecular weight excluding hydrogens is 652 g/mol. The van der Waals surface area contributed by atoms with E-state index in [0.29, 0.717) is 35.8 Å². The number of hydrogen-bond donors (Lipinski definition) is 2. The Morgan fingerprint density at radius 3 is 2.31 bits per heavy atom. The second kappa shape index (κ2) is 15.2. The summed E-state index contributed by atoms with van der Waals surface area (Å²) < 4.78 is 66.0. The van der Waals surface area contributed by atoms with E-state index in [9.17, 15) is 26.8 Å². The Balaban J connectivity index is 1.27. The monoisotopic (exact) mass is 685 g/mol. The normalized spacial score (nSPS) is 16.9. The quantitative estimate of drug-likeness (QED) is 0.199. The molecule has 2 aromatic heterocycles. The zero-order chi connectivity index (χ0) is 34.3. The van der Waals surface area contributed by atoms with Crippen molar-refractivity contribution in [1.82, 2.24) is 25.3 Å². The fourth-order valence-electron chi connectivity index (χ4n) is 5.20. The van der Waals surface area contributed by atoms with E-state index in [1.807, 2.05) is 4.90 Å². The van der Waals surface area contributed by atoms with Crippen molar-refractivity contribution in [3.63, 3.8) is 0 Å². The number of nitrogens with one attached hydrogen (secondary N) is 1. The molecular formula is C31H33F2N7O7S. The van der Waals surface area contributed by atoms with Crippen molar-refractivity contribution in [2.75, 3.05) is 30.4 Å². The lowest BCUT2D eigenvalue weighted by atomic mass is 10.1. The number of carbonyl (C=O) groups is 2. The molecule has 1 saturated heterocycles. The van der Waals surface area contributed by atoms with Crippen LogP contribution in [0.1, 0.15) is 35.3 Å². The molecule has 2 aromatic carbocycles. The second-order valence-electron chi connectivity index (χ2n) is 10.7. The van der Waals surface area contributed by atoms with Crippen molar-refractivity contribution in [1.29, 1.82) is 0 Å². The van der Waals surface area contributed by atoms with Gasteiger partial charge in [-0.25, -0.2) is 18.2 Å². The number of rotatable bonds is 14. The first-order chi connectivity index (χ1) is 23.0. The number of nitrogens with zero attached hydrogens (tertiary/aromatic N) is 5. The highest BCUT2D eigenvalue weighted by molar-refractivity contribution is 7.91. The van der Waals surface area contributed by atoms with Crippen molar-refractivity contribution in [2.24, 2.45) is 5.73 Å². The molecule has 3 heterocycles. The average Bonchev–Trinajstić information content (AvgIpc) is 3.77. The van der Waals surface area contributed by atoms with Crippen molar-refractivity contribution in [2.45, 2.75) is 43.0 Å². The number of anilines is 1. The third-order valence-corrected chi connectivity index (χ3v) is 9.38. The van der Waals surface area contributed by atoms with Gasteiger partial charge < -0.3 is 30.2 Å². The van der Waals surface area contributed by atoms with Gasteiger partial charge in [-0.3, -0.25) is 4.79 Å². The minimum Gasteiger partial charge on any atom is -0.472 e. The van der Waals surface area contributed by atoms with Crippen LogP contribution < -0.4 is 20.7 Å². The van der Waals surface area contributed by atoms with Gasteiger partial charge in [0.1, 0.15) is 18.4 Å². The highest BCUT2D eigenvalue weighted by Gasteiger charge is 2.35. The molecule has 254 valence electrons. The topological polar surface area (TPSA) is 181 Å². The molecule has 3 atom stereocenters. The Bertz CT molecular complexity index is 1780. The SMILES string of the molecule is CCS(=O)(=O)c1ccc(C(COC(N)=O)NC(=O)c2ccc(N3C[C@@H](Oc4ccc(-n5nccn5)cn4)C[C@H]3COC(F)F)cc2)cc1. The van der Waals surface area contributed by atoms with Crippen molar-refractivity contribution < 1.29 is 41.0 Å². The summed E-state index contributed by atoms with van der Waals surface area (Å²) in [5, 5.41) is 10.9. The van der Waals surface area contributed by atoms with Gasteiger partial charge in [0.2, 0.25) is 5.88 Å². The van der Waals surface area contributed by atoms with Gasteiger partial charge in [0.15, 0.2) is 9.84 Å². The van der Waals surface area contributed by atoms with Crippen LogP contribution in [0.5, 0.6) is 5.88 Å². The Morgan fingerprint density at radius 2 is 1.71 bits per heavy atom. The van der Waals surface area contributed by atoms with Gasteiger partial charge in [-0.15, -0.1) is 0 Å². The Morgan fingerprint density at radius 1 is 1.02 bits per heavy atom. The largest absolute Gasteiger partial charge is 0.472 e. The maximum Gasteiger partial charge on any atom is 0.404 e. The predicted octanol–water partition coefficient (Wildman–Crippen LogP) is 3.29. The van der Waals surface area contributed by atoms with Crippen molar-refractivity contribution in [3.05, 3.63) is 90.4 Å². The fraction of sp³-hybridized carbons (Fsp3) is 0.323. The first kappa shape index (κ1) is 34.2. The fourth-order valence-corrected chi connectivity index (χ4v) is 6.09. The van der Waals surface area contributed by atoms with E-state index in [1.54, 1.807) is 55.0 Å². The summed E-state index contributed by atoms with van der Waals surface area (Å²) >= 11 is 0. The molecule has 1 aliphatic heterocycles. The summed E-state index contributed by atoms with van der Waals surface area (Å²) in [5.41, 5.74) is 7.17. The number of hydrogen-bond acceptors (Lipinski definition) is 11. The van der Waals surface area contributed by atoms with E-state index in [-0.39, 0.29) is 29.4 Å². The first-order valence-corrected chi connectivity index (χ1v) is 16.5. The van der Waals surface area contributed by atoms with Crippen LogP contribution in [0.15, 0.2) is 84.1 Å². The zero-order valence-corrected chi connectivity index (χ0v) is 26.5. The predicted molar refractivity (Wildman–Crippen MR) is 168 cm³/mol. The van der Waals surface area contributed by atoms with Gasteiger partial charge in [-0.1, -0.05) is 19.1 Å². The van der Waals surface area contributed by atoms with Crippen LogP contribution in [0.2, 0.25) is 0 Å². The van der Waals surface area contributed by atoms with Gasteiger partial charge in [0, 0.05) is 23.7 Å². The Kier molecular flexibility index (Phi) is 10.8. The van der Waals surface area contributed by atoms with Gasteiger partial charge >= 0.3 is 12.7 Å². The number of ether oxygens (including phenoxy) is 3. The molecule has 14 nitrogen and oxygen atoms in total. The van der Waals surface area contributed by atoms with Gasteiger partial charge in [0.05, 0.1) is 54.5 Å². The minimum atomic E-state index is -3.44. The van der Waals surface area contributed by atoms with E-state index >= 15 is 0 Å². The standard InChI is InChI=1S/C31H33F2N7O7S/c1-2-48(43,44)26-10-5-20(6-11-26)27(19-46-31(34)42)38-29(41)21-3-7-22(8-4-21)39-17-25(15-24(39)18-45-30(32)33)47-28-12-9-23(16-35-28)40-36-13-14-37-40/h3-14,16,24-25,27,30H,2,15,17-19H2,1H3,(H2,34,42)(H,38,41)/t24-,25-,27?/m0/s1. The lowest BCUT2D eigenvalue weighted by Crippen LogP contribution is -2.34. The number of nitrogens with two attached hydrogens (primary N) is 1. The third kappa shape index (κ3) is 8.60. The first-order valence-electron chi connectivity index (χ1n) is 14.8. The number of carbonyl (C=O) groups excluding carboxylic acids is 2. The number of primary amides is 1. The molecule has 1 unspecified atom stereocenters. The van der Waals surface area contributed by atoms with E-state index in [4.69, 9.17) is 15.2 Å². The van der Waals surface area contributed by atoms with Gasteiger partial charge in [-0.05, 0) is 48.0 Å². The van der Waals surface area contributed by atoms with Gasteiger partial charge in [-0.2, -0.15) is 23.8 Å². The molecule has 0 spiro atoms. The number of sulfone groups is 1. The minimum absolute atomic E-state index is 0.0745. The van der Waals surface area contributed by atoms with E-state index in [0.717, 1.165) is 0 Å². The summed E-state index contributed by atoms with van der Waals surface area (Å²) in [6.07, 6.45) is 3.58. The van der Waals surface area contributed by atoms with Crippen LogP contribution in [0.4, 0.5) is 19.3 Å². The highest BCUT2D eigenvalue weighted by Crippen LogP contribution is 2.29. The average molecular weight is 686 g/mol. The molecule has 0 saturated carbocycles. The molecule has 2 amide bonds. The molecule has 3 N–H and O–H groups in total. The molecule has 0 radical (unpaired) electrons. The molecule has 0 bridgehead atoms. The van der Waals surface area contributed by atoms with Crippen LogP contribution in [-0.2, 0) is 19.3 Å². The number of benzene rings is 2. The molecule has 17 heteroatoms. The maximum absolute atomic E-state index is 13.2. The molecule has 0 aliphatic carbocycles. The highest BCUT2D eigenvalue weighted by atomic mass is 32.2. The van der Waals surface area contributed by atoms with Gasteiger partial charge in [0.25, 0.3) is 5.91 Å². The molecule has 5 rings (SSSR count). The number of aromatic nitrogens is 4. The second-order valence-corrected chi connectivity index (χ2v) is 13.0. The van der Waals surface area contributed by atoms with Crippen LogP contribution in [0.25, 0.3) is 5.69 Å². The smallest absolute Gasteiger partial charge is 0.404 e. The summed E-state index contributed by atoms with van der Waals surface area (Å²) in [6, 6.07) is 14.5. The molecule has 1 fully saturated rings. The lowest BCUT2D eigenvalue weighted by Gasteiger charge is -2.26. The molecule has 4 aromatic rings. The lowest BCUT2D eigenvalue weighted by molar-refractivity contribution is -0.131. The van der Waals surface area contributed by atoms with Crippen LogP contribution >= 0.6 is 0 Å². The summed E-state index contributed by atoms with van der Waals surface area (Å²) in [7, 11) is -3.44. The van der Waals surface area contributed by atoms with Crippen molar-refractivity contribution >= 4 is 27.5 Å². The zero-order valence-electron chi connectivity index (χ0n) is 25.7. The van der Waals surface area contributed by atoms with Crippen LogP contribution in [0, 0.1) is 0 Å². The number of pyridine rings is 1.